The summed E-state index contributed by atoms with van der Waals surface area (Å²) in [6.07, 6.45) is 0. The van der Waals surface area contributed by atoms with Gasteiger partial charge in [-0.1, -0.05) is 50.2 Å². The molecule has 0 aliphatic rings. The SMILES string of the molecule is Cc1ccc2ccccc2c1-c1ccc(CNC(C)C)o1. The zero-order valence-corrected chi connectivity index (χ0v) is 12.8. The monoisotopic (exact) mass is 279 g/mol. The predicted octanol–water partition coefficient (Wildman–Crippen LogP) is 4.91. The van der Waals surface area contributed by atoms with E-state index in [0.29, 0.717) is 6.04 Å². The van der Waals surface area contributed by atoms with Crippen molar-refractivity contribution in [2.45, 2.75) is 33.4 Å². The molecule has 21 heavy (non-hydrogen) atoms. The highest BCUT2D eigenvalue weighted by Gasteiger charge is 2.11. The molecule has 0 aliphatic heterocycles. The van der Waals surface area contributed by atoms with Crippen LogP contribution in [0.15, 0.2) is 52.9 Å². The summed E-state index contributed by atoms with van der Waals surface area (Å²) in [6.45, 7) is 7.18. The molecule has 3 rings (SSSR count). The van der Waals surface area contributed by atoms with Crippen LogP contribution in [0.4, 0.5) is 0 Å². The highest BCUT2D eigenvalue weighted by atomic mass is 16.3. The van der Waals surface area contributed by atoms with Gasteiger partial charge in [-0.15, -0.1) is 0 Å². The molecule has 1 heterocycles. The highest BCUT2D eigenvalue weighted by molar-refractivity contribution is 5.97. The van der Waals surface area contributed by atoms with Gasteiger partial charge in [0.2, 0.25) is 0 Å². The first-order valence-corrected chi connectivity index (χ1v) is 7.46. The molecule has 0 bridgehead atoms. The van der Waals surface area contributed by atoms with E-state index in [2.05, 4.69) is 74.6 Å². The van der Waals surface area contributed by atoms with Crippen LogP contribution in [0.5, 0.6) is 0 Å². The summed E-state index contributed by atoms with van der Waals surface area (Å²) in [5, 5.41) is 5.88. The van der Waals surface area contributed by atoms with Crippen LogP contribution >= 0.6 is 0 Å². The summed E-state index contributed by atoms with van der Waals surface area (Å²) >= 11 is 0. The van der Waals surface area contributed by atoms with Gasteiger partial charge in [-0.25, -0.2) is 0 Å². The third kappa shape index (κ3) is 2.86. The van der Waals surface area contributed by atoms with Gasteiger partial charge in [0, 0.05) is 11.6 Å². The van der Waals surface area contributed by atoms with Crippen LogP contribution in [0.3, 0.4) is 0 Å². The Kier molecular flexibility index (Phi) is 3.80. The first-order chi connectivity index (χ1) is 10.1. The van der Waals surface area contributed by atoms with Gasteiger partial charge in [-0.3, -0.25) is 0 Å². The lowest BCUT2D eigenvalue weighted by Crippen LogP contribution is -2.21. The molecular weight excluding hydrogens is 258 g/mol. The summed E-state index contributed by atoms with van der Waals surface area (Å²) in [5.74, 6) is 1.93. The minimum Gasteiger partial charge on any atom is -0.460 e. The van der Waals surface area contributed by atoms with Crippen molar-refractivity contribution >= 4 is 10.8 Å². The molecule has 2 nitrogen and oxygen atoms in total. The van der Waals surface area contributed by atoms with E-state index in [-0.39, 0.29) is 0 Å². The molecule has 1 N–H and O–H groups in total. The van der Waals surface area contributed by atoms with Gasteiger partial charge >= 0.3 is 0 Å². The number of hydrogen-bond donors (Lipinski definition) is 1. The molecule has 0 radical (unpaired) electrons. The summed E-state index contributed by atoms with van der Waals surface area (Å²) < 4.78 is 6.05. The lowest BCUT2D eigenvalue weighted by molar-refractivity contribution is 0.473. The lowest BCUT2D eigenvalue weighted by atomic mass is 9.98. The molecule has 0 spiro atoms. The molecule has 0 saturated heterocycles. The Morgan fingerprint density at radius 2 is 1.81 bits per heavy atom. The van der Waals surface area contributed by atoms with Crippen molar-refractivity contribution in [2.24, 2.45) is 0 Å². The molecule has 0 unspecified atom stereocenters. The zero-order chi connectivity index (χ0) is 14.8. The maximum atomic E-state index is 6.05. The summed E-state index contributed by atoms with van der Waals surface area (Å²) in [7, 11) is 0. The molecule has 0 aliphatic carbocycles. The zero-order valence-electron chi connectivity index (χ0n) is 12.8. The van der Waals surface area contributed by atoms with Gasteiger partial charge in [0.05, 0.1) is 6.54 Å². The predicted molar refractivity (Wildman–Crippen MR) is 88.4 cm³/mol. The second-order valence-electron chi connectivity index (χ2n) is 5.78. The van der Waals surface area contributed by atoms with E-state index in [9.17, 15) is 0 Å². The fourth-order valence-electron chi connectivity index (χ4n) is 2.62. The van der Waals surface area contributed by atoms with E-state index in [1.165, 1.54) is 21.9 Å². The summed E-state index contributed by atoms with van der Waals surface area (Å²) in [5.41, 5.74) is 2.44. The van der Waals surface area contributed by atoms with Crippen molar-refractivity contribution in [3.8, 4) is 11.3 Å². The number of nitrogens with one attached hydrogen (secondary N) is 1. The Balaban J connectivity index is 2.02. The molecule has 3 aromatic rings. The first-order valence-electron chi connectivity index (χ1n) is 7.46. The van der Waals surface area contributed by atoms with E-state index >= 15 is 0 Å². The van der Waals surface area contributed by atoms with Gasteiger partial charge in [-0.2, -0.15) is 0 Å². The first kappa shape index (κ1) is 13.9. The number of aryl methyl sites for hydroxylation is 1. The normalized spacial score (nSPS) is 11.4. The van der Waals surface area contributed by atoms with E-state index < -0.39 is 0 Å². The Labute approximate surface area is 125 Å². The fraction of sp³-hybridized carbons (Fsp3) is 0.263. The van der Waals surface area contributed by atoms with Gasteiger partial charge in [-0.05, 0) is 35.4 Å². The number of rotatable bonds is 4. The van der Waals surface area contributed by atoms with E-state index in [1.54, 1.807) is 0 Å². The van der Waals surface area contributed by atoms with Crippen molar-refractivity contribution in [2.75, 3.05) is 0 Å². The van der Waals surface area contributed by atoms with Crippen LogP contribution in [-0.2, 0) is 6.54 Å². The van der Waals surface area contributed by atoms with Crippen molar-refractivity contribution in [1.82, 2.24) is 5.32 Å². The molecule has 2 aromatic carbocycles. The third-order valence-electron chi connectivity index (χ3n) is 3.73. The molecule has 1 aromatic heterocycles. The molecule has 0 saturated carbocycles. The van der Waals surface area contributed by atoms with Crippen molar-refractivity contribution in [3.05, 3.63) is 59.9 Å². The Morgan fingerprint density at radius 3 is 2.62 bits per heavy atom. The number of benzene rings is 2. The minimum atomic E-state index is 0.456. The van der Waals surface area contributed by atoms with E-state index in [1.807, 2.05) is 0 Å². The summed E-state index contributed by atoms with van der Waals surface area (Å²) in [4.78, 5) is 0. The highest BCUT2D eigenvalue weighted by Crippen LogP contribution is 2.33. The molecule has 2 heteroatoms. The minimum absolute atomic E-state index is 0.456. The van der Waals surface area contributed by atoms with Crippen molar-refractivity contribution in [3.63, 3.8) is 0 Å². The van der Waals surface area contributed by atoms with Crippen LogP contribution in [0.25, 0.3) is 22.1 Å². The van der Waals surface area contributed by atoms with Crippen LogP contribution in [-0.4, -0.2) is 6.04 Å². The Morgan fingerprint density at radius 1 is 1.00 bits per heavy atom. The van der Waals surface area contributed by atoms with Crippen LogP contribution in [0, 0.1) is 6.92 Å². The van der Waals surface area contributed by atoms with Gasteiger partial charge < -0.3 is 9.73 Å². The fourth-order valence-corrected chi connectivity index (χ4v) is 2.62. The largest absolute Gasteiger partial charge is 0.460 e. The maximum absolute atomic E-state index is 6.05. The van der Waals surface area contributed by atoms with Crippen LogP contribution in [0.2, 0.25) is 0 Å². The smallest absolute Gasteiger partial charge is 0.135 e. The third-order valence-corrected chi connectivity index (χ3v) is 3.73. The molecule has 0 fully saturated rings. The van der Waals surface area contributed by atoms with Gasteiger partial charge in [0.15, 0.2) is 0 Å². The standard InChI is InChI=1S/C19H21NO/c1-13(2)20-12-16-10-11-18(21-16)19-14(3)8-9-15-6-4-5-7-17(15)19/h4-11,13,20H,12H2,1-3H3. The van der Waals surface area contributed by atoms with Crippen molar-refractivity contribution < 1.29 is 4.42 Å². The quantitative estimate of drug-likeness (QED) is 0.734. The second-order valence-corrected chi connectivity index (χ2v) is 5.78. The average Bonchev–Trinajstić information content (AvgIpc) is 2.93. The van der Waals surface area contributed by atoms with E-state index in [4.69, 9.17) is 4.42 Å². The Hall–Kier alpha value is -2.06. The van der Waals surface area contributed by atoms with Crippen molar-refractivity contribution in [1.29, 1.82) is 0 Å². The summed E-state index contributed by atoms with van der Waals surface area (Å²) in [6, 6.07) is 17.4. The van der Waals surface area contributed by atoms with Crippen LogP contribution in [0.1, 0.15) is 25.2 Å². The number of fused-ring (bicyclic) bond motifs is 1. The van der Waals surface area contributed by atoms with Gasteiger partial charge in [0.25, 0.3) is 0 Å². The lowest BCUT2D eigenvalue weighted by Gasteiger charge is -2.08. The molecule has 0 atom stereocenters. The van der Waals surface area contributed by atoms with Gasteiger partial charge in [0.1, 0.15) is 11.5 Å². The molecule has 0 amide bonds. The number of hydrogen-bond acceptors (Lipinski definition) is 2. The topological polar surface area (TPSA) is 25.2 Å². The average molecular weight is 279 g/mol. The maximum Gasteiger partial charge on any atom is 0.135 e. The molecular formula is C19H21NO. The molecule has 108 valence electrons. The van der Waals surface area contributed by atoms with Crippen LogP contribution < -0.4 is 5.32 Å². The second kappa shape index (κ2) is 5.74. The van der Waals surface area contributed by atoms with E-state index in [0.717, 1.165) is 18.1 Å². The number of furan rings is 1. The Bertz CT molecular complexity index is 755.